The van der Waals surface area contributed by atoms with E-state index < -0.39 is 16.6 Å². The molecule has 1 aliphatic rings. The van der Waals surface area contributed by atoms with Crippen LogP contribution in [-0.4, -0.2) is 33.8 Å². The minimum atomic E-state index is -1.33. The van der Waals surface area contributed by atoms with Crippen LogP contribution in [0.3, 0.4) is 0 Å². The summed E-state index contributed by atoms with van der Waals surface area (Å²) >= 11 is 0. The zero-order valence-corrected chi connectivity index (χ0v) is 11.5. The Morgan fingerprint density at radius 3 is 2.71 bits per heavy atom. The van der Waals surface area contributed by atoms with Crippen molar-refractivity contribution in [2.24, 2.45) is 5.92 Å². The fourth-order valence-electron chi connectivity index (χ4n) is 2.65. The molecule has 2 atom stereocenters. The van der Waals surface area contributed by atoms with Crippen molar-refractivity contribution in [2.75, 3.05) is 11.9 Å². The van der Waals surface area contributed by atoms with Gasteiger partial charge in [0.25, 0.3) is 5.69 Å². The first-order valence-corrected chi connectivity index (χ1v) is 6.92. The minimum absolute atomic E-state index is 0.127. The summed E-state index contributed by atoms with van der Waals surface area (Å²) in [5, 5.41) is 32.7. The number of carboxylic acids is 1. The number of hydrogen-bond acceptors (Lipinski definition) is 5. The van der Waals surface area contributed by atoms with Gasteiger partial charge in [-0.05, 0) is 25.0 Å². The summed E-state index contributed by atoms with van der Waals surface area (Å²) in [7, 11) is 0. The lowest BCUT2D eigenvalue weighted by atomic mass is 9.86. The molecule has 2 rings (SSSR count). The van der Waals surface area contributed by atoms with Crippen LogP contribution in [0.2, 0.25) is 0 Å². The van der Waals surface area contributed by atoms with E-state index in [2.05, 4.69) is 5.32 Å². The lowest BCUT2D eigenvalue weighted by molar-refractivity contribution is -0.385. The minimum Gasteiger partial charge on any atom is -0.477 e. The standard InChI is InChI=1S/C14H18N2O5/c17-13-4-2-1-3-9(13)8-15-10-5-6-12(16(20)21)11(7-10)14(18)19/h5-7,9,13,15,17H,1-4,8H2,(H,18,19). The SMILES string of the molecule is O=C(O)c1cc(NCC2CCCCC2O)ccc1[N+](=O)[O-]. The van der Waals surface area contributed by atoms with Gasteiger partial charge in [-0.3, -0.25) is 10.1 Å². The quantitative estimate of drug-likeness (QED) is 0.567. The van der Waals surface area contributed by atoms with Crippen LogP contribution in [0.15, 0.2) is 18.2 Å². The zero-order chi connectivity index (χ0) is 15.4. The van der Waals surface area contributed by atoms with Crippen LogP contribution >= 0.6 is 0 Å². The molecule has 1 aromatic rings. The highest BCUT2D eigenvalue weighted by Crippen LogP contribution is 2.26. The predicted molar refractivity (Wildman–Crippen MR) is 76.5 cm³/mol. The Balaban J connectivity index is 2.08. The number of carbonyl (C=O) groups is 1. The summed E-state index contributed by atoms with van der Waals surface area (Å²) in [4.78, 5) is 21.1. The molecule has 0 radical (unpaired) electrons. The van der Waals surface area contributed by atoms with Gasteiger partial charge < -0.3 is 15.5 Å². The van der Waals surface area contributed by atoms with E-state index in [1.54, 1.807) is 0 Å². The topological polar surface area (TPSA) is 113 Å². The van der Waals surface area contributed by atoms with Crippen molar-refractivity contribution in [1.82, 2.24) is 0 Å². The molecule has 0 aromatic heterocycles. The number of nitrogens with zero attached hydrogens (tertiary/aromatic N) is 1. The van der Waals surface area contributed by atoms with Crippen LogP contribution in [0.5, 0.6) is 0 Å². The molecule has 2 unspecified atom stereocenters. The summed E-state index contributed by atoms with van der Waals surface area (Å²) in [5.74, 6) is -1.20. The Hall–Kier alpha value is -2.15. The highest BCUT2D eigenvalue weighted by Gasteiger charge is 2.23. The van der Waals surface area contributed by atoms with Crippen LogP contribution in [0, 0.1) is 16.0 Å². The number of aromatic carboxylic acids is 1. The van der Waals surface area contributed by atoms with Gasteiger partial charge in [-0.1, -0.05) is 12.8 Å². The van der Waals surface area contributed by atoms with Crippen molar-refractivity contribution in [3.63, 3.8) is 0 Å². The lowest BCUT2D eigenvalue weighted by Crippen LogP contribution is -2.30. The van der Waals surface area contributed by atoms with Crippen LogP contribution in [-0.2, 0) is 0 Å². The summed E-state index contributed by atoms with van der Waals surface area (Å²) < 4.78 is 0. The Labute approximate surface area is 121 Å². The summed E-state index contributed by atoms with van der Waals surface area (Å²) in [5.41, 5.74) is -0.254. The van der Waals surface area contributed by atoms with Gasteiger partial charge in [0.15, 0.2) is 0 Å². The van der Waals surface area contributed by atoms with E-state index in [9.17, 15) is 20.0 Å². The molecule has 1 saturated carbocycles. The van der Waals surface area contributed by atoms with Crippen molar-refractivity contribution in [3.8, 4) is 0 Å². The Kier molecular flexibility index (Phi) is 4.74. The van der Waals surface area contributed by atoms with Gasteiger partial charge in [-0.2, -0.15) is 0 Å². The fraction of sp³-hybridized carbons (Fsp3) is 0.500. The number of rotatable bonds is 5. The first-order chi connectivity index (χ1) is 9.99. The molecule has 0 heterocycles. The number of hydrogen-bond donors (Lipinski definition) is 3. The molecule has 0 spiro atoms. The monoisotopic (exact) mass is 294 g/mol. The molecule has 1 aromatic carbocycles. The zero-order valence-electron chi connectivity index (χ0n) is 11.5. The number of nitro groups is 1. The molecule has 21 heavy (non-hydrogen) atoms. The average molecular weight is 294 g/mol. The van der Waals surface area contributed by atoms with Gasteiger partial charge in [0.05, 0.1) is 11.0 Å². The van der Waals surface area contributed by atoms with Crippen molar-refractivity contribution in [1.29, 1.82) is 0 Å². The second-order valence-corrected chi connectivity index (χ2v) is 5.29. The predicted octanol–water partition coefficient (Wildman–Crippen LogP) is 2.26. The van der Waals surface area contributed by atoms with Gasteiger partial charge in [0, 0.05) is 24.2 Å². The normalized spacial score (nSPS) is 21.8. The molecule has 1 fully saturated rings. The molecule has 0 amide bonds. The van der Waals surface area contributed by atoms with E-state index in [-0.39, 0.29) is 17.6 Å². The first kappa shape index (κ1) is 15.2. The van der Waals surface area contributed by atoms with Crippen LogP contribution in [0.25, 0.3) is 0 Å². The van der Waals surface area contributed by atoms with Crippen LogP contribution in [0.1, 0.15) is 36.0 Å². The smallest absolute Gasteiger partial charge is 0.342 e. The number of nitrogens with one attached hydrogen (secondary N) is 1. The largest absolute Gasteiger partial charge is 0.477 e. The first-order valence-electron chi connectivity index (χ1n) is 6.92. The van der Waals surface area contributed by atoms with Gasteiger partial charge in [-0.25, -0.2) is 4.79 Å². The number of carboxylic acid groups (broad SMARTS) is 1. The van der Waals surface area contributed by atoms with Crippen molar-refractivity contribution in [2.45, 2.75) is 31.8 Å². The Bertz CT molecular complexity index is 546. The molecule has 114 valence electrons. The van der Waals surface area contributed by atoms with Crippen LogP contribution in [0.4, 0.5) is 11.4 Å². The van der Waals surface area contributed by atoms with E-state index in [4.69, 9.17) is 5.11 Å². The lowest BCUT2D eigenvalue weighted by Gasteiger charge is -2.28. The van der Waals surface area contributed by atoms with Crippen molar-refractivity contribution >= 4 is 17.3 Å². The number of benzene rings is 1. The third kappa shape index (κ3) is 3.69. The van der Waals surface area contributed by atoms with E-state index in [1.165, 1.54) is 18.2 Å². The third-order valence-corrected chi connectivity index (χ3v) is 3.86. The fourth-order valence-corrected chi connectivity index (χ4v) is 2.65. The molecule has 7 heteroatoms. The maximum Gasteiger partial charge on any atom is 0.342 e. The Morgan fingerprint density at radius 1 is 1.38 bits per heavy atom. The highest BCUT2D eigenvalue weighted by atomic mass is 16.6. The van der Waals surface area contributed by atoms with E-state index in [1.807, 2.05) is 0 Å². The molecule has 0 saturated heterocycles. The molecule has 3 N–H and O–H groups in total. The summed E-state index contributed by atoms with van der Waals surface area (Å²) in [6.07, 6.45) is 3.46. The highest BCUT2D eigenvalue weighted by molar-refractivity contribution is 5.93. The molecule has 7 nitrogen and oxygen atoms in total. The second-order valence-electron chi connectivity index (χ2n) is 5.29. The van der Waals surface area contributed by atoms with Gasteiger partial charge in [0.2, 0.25) is 0 Å². The molecule has 0 bridgehead atoms. The van der Waals surface area contributed by atoms with E-state index >= 15 is 0 Å². The van der Waals surface area contributed by atoms with E-state index in [0.29, 0.717) is 12.2 Å². The maximum atomic E-state index is 11.1. The second kappa shape index (κ2) is 6.53. The van der Waals surface area contributed by atoms with Gasteiger partial charge in [0.1, 0.15) is 5.56 Å². The molecular formula is C14H18N2O5. The Morgan fingerprint density at radius 2 is 2.10 bits per heavy atom. The molecule has 0 aliphatic heterocycles. The number of nitro benzene ring substituents is 1. The third-order valence-electron chi connectivity index (χ3n) is 3.86. The average Bonchev–Trinajstić information content (AvgIpc) is 2.46. The maximum absolute atomic E-state index is 11.1. The number of anilines is 1. The van der Waals surface area contributed by atoms with Crippen molar-refractivity contribution < 1.29 is 19.9 Å². The summed E-state index contributed by atoms with van der Waals surface area (Å²) in [6.45, 7) is 0.526. The van der Waals surface area contributed by atoms with Crippen molar-refractivity contribution in [3.05, 3.63) is 33.9 Å². The number of aliphatic hydroxyl groups excluding tert-OH is 1. The number of aliphatic hydroxyl groups is 1. The van der Waals surface area contributed by atoms with Gasteiger partial charge in [-0.15, -0.1) is 0 Å². The van der Waals surface area contributed by atoms with E-state index in [0.717, 1.165) is 25.7 Å². The molecule has 1 aliphatic carbocycles. The van der Waals surface area contributed by atoms with Crippen LogP contribution < -0.4 is 5.32 Å². The van der Waals surface area contributed by atoms with Gasteiger partial charge >= 0.3 is 5.97 Å². The summed E-state index contributed by atoms with van der Waals surface area (Å²) in [6, 6.07) is 3.93. The molecular weight excluding hydrogens is 276 g/mol.